The topological polar surface area (TPSA) is 163 Å². The Morgan fingerprint density at radius 3 is 1.90 bits per heavy atom. The van der Waals surface area contributed by atoms with Crippen molar-refractivity contribution in [2.75, 3.05) is 13.1 Å². The van der Waals surface area contributed by atoms with Crippen LogP contribution < -0.4 is 11.5 Å². The molecule has 3 rings (SSSR count). The molecule has 1 heterocycles. The Morgan fingerprint density at radius 2 is 1.46 bits per heavy atom. The van der Waals surface area contributed by atoms with E-state index in [4.69, 9.17) is 26.6 Å². The lowest BCUT2D eigenvalue weighted by atomic mass is 9.85. The van der Waals surface area contributed by atoms with Gasteiger partial charge in [0.15, 0.2) is 5.96 Å². The van der Waals surface area contributed by atoms with E-state index in [1.54, 1.807) is 29.2 Å². The number of hydrogen-bond acceptors (Lipinski definition) is 4. The van der Waals surface area contributed by atoms with Gasteiger partial charge in [0.05, 0.1) is 17.2 Å². The second kappa shape index (κ2) is 12.3. The number of guanidine groups is 1. The molecular weight excluding hydrogens is 536 g/mol. The van der Waals surface area contributed by atoms with Gasteiger partial charge in [0, 0.05) is 24.2 Å². The molecule has 0 atom stereocenters. The molecule has 0 radical (unpaired) electrons. The summed E-state index contributed by atoms with van der Waals surface area (Å²) in [7, 11) is 0. The third-order valence-corrected chi connectivity index (χ3v) is 5.56. The van der Waals surface area contributed by atoms with Gasteiger partial charge in [-0.25, -0.2) is 4.79 Å². The first-order valence-corrected chi connectivity index (χ1v) is 11.0. The number of likely N-dealkylation sites (tertiary alicyclic amines) is 1. The number of carboxylic acids is 1. The molecule has 0 aromatic heterocycles. The number of alkyl halides is 6. The van der Waals surface area contributed by atoms with Crippen LogP contribution >= 0.6 is 0 Å². The second-order valence-corrected chi connectivity index (χ2v) is 8.20. The van der Waals surface area contributed by atoms with E-state index < -0.39 is 41.7 Å². The highest BCUT2D eigenvalue weighted by molar-refractivity contribution is 6.02. The van der Waals surface area contributed by atoms with Crippen LogP contribution in [0.2, 0.25) is 0 Å². The second-order valence-electron chi connectivity index (χ2n) is 8.20. The molecule has 0 bridgehead atoms. The number of halogens is 6. The van der Waals surface area contributed by atoms with Crippen LogP contribution in [-0.4, -0.2) is 53.0 Å². The Balaban J connectivity index is 0.000000673. The van der Waals surface area contributed by atoms with Gasteiger partial charge in [-0.1, -0.05) is 6.07 Å². The molecule has 1 aliphatic heterocycles. The maximum Gasteiger partial charge on any atom is 0.490 e. The van der Waals surface area contributed by atoms with Crippen LogP contribution in [0.1, 0.15) is 56.2 Å². The van der Waals surface area contributed by atoms with E-state index in [2.05, 4.69) is 4.99 Å². The summed E-state index contributed by atoms with van der Waals surface area (Å²) in [6, 6.07) is 11.5. The maximum absolute atomic E-state index is 13.7. The minimum absolute atomic E-state index is 0.0734. The van der Waals surface area contributed by atoms with E-state index in [1.165, 1.54) is 12.1 Å². The van der Waals surface area contributed by atoms with Crippen molar-refractivity contribution in [1.82, 2.24) is 4.90 Å². The predicted molar refractivity (Wildman–Crippen MR) is 124 cm³/mol. The first-order chi connectivity index (χ1) is 18.0. The summed E-state index contributed by atoms with van der Waals surface area (Å²) in [5.74, 6) is -4.91. The average molecular weight is 557 g/mol. The van der Waals surface area contributed by atoms with Crippen LogP contribution in [0, 0.1) is 11.3 Å². The molecule has 15 heteroatoms. The minimum atomic E-state index is -5.08. The van der Waals surface area contributed by atoms with E-state index in [0.717, 1.165) is 6.07 Å². The average Bonchev–Trinajstić information content (AvgIpc) is 2.87. The molecule has 2 aromatic carbocycles. The van der Waals surface area contributed by atoms with Crippen molar-refractivity contribution in [3.05, 3.63) is 70.3 Å². The Labute approximate surface area is 217 Å². The molecule has 208 valence electrons. The first-order valence-electron chi connectivity index (χ1n) is 11.0. The number of aliphatic imine (C=N–C) groups is 1. The SMILES string of the molecule is N#Cc1ccc(C(=O)N2CCC(c3ccc(C(=O)N=C(N)N)cc3C(F)(F)F)CC2)cc1.O=C(O)C(F)(F)F. The summed E-state index contributed by atoms with van der Waals surface area (Å²) < 4.78 is 72.9. The van der Waals surface area contributed by atoms with E-state index in [0.29, 0.717) is 24.0 Å². The van der Waals surface area contributed by atoms with Gasteiger partial charge in [0.1, 0.15) is 0 Å². The van der Waals surface area contributed by atoms with Crippen LogP contribution in [-0.2, 0) is 11.0 Å². The highest BCUT2D eigenvalue weighted by atomic mass is 19.4. The van der Waals surface area contributed by atoms with E-state index >= 15 is 0 Å². The third kappa shape index (κ3) is 8.45. The lowest BCUT2D eigenvalue weighted by molar-refractivity contribution is -0.192. The van der Waals surface area contributed by atoms with Crippen LogP contribution in [0.5, 0.6) is 0 Å². The first kappa shape index (κ1) is 30.6. The Kier molecular flexibility index (Phi) is 9.65. The fourth-order valence-electron chi connectivity index (χ4n) is 3.74. The van der Waals surface area contributed by atoms with E-state index in [-0.39, 0.29) is 30.1 Å². The van der Waals surface area contributed by atoms with Crippen LogP contribution in [0.25, 0.3) is 0 Å². The lowest BCUT2D eigenvalue weighted by Crippen LogP contribution is -2.38. The molecule has 5 N–H and O–H groups in total. The molecule has 0 spiro atoms. The molecule has 0 aliphatic carbocycles. The van der Waals surface area contributed by atoms with Crippen molar-refractivity contribution < 1.29 is 45.8 Å². The number of carboxylic acid groups (broad SMARTS) is 1. The third-order valence-electron chi connectivity index (χ3n) is 5.56. The van der Waals surface area contributed by atoms with Gasteiger partial charge in [-0.3, -0.25) is 9.59 Å². The summed E-state index contributed by atoms with van der Waals surface area (Å²) in [6.45, 7) is 0.574. The predicted octanol–water partition coefficient (Wildman–Crippen LogP) is 3.64. The van der Waals surface area contributed by atoms with E-state index in [1.807, 2.05) is 6.07 Å². The highest BCUT2D eigenvalue weighted by Gasteiger charge is 2.38. The number of carbonyl (C=O) groups excluding carboxylic acids is 2. The number of nitrogens with two attached hydrogens (primary N) is 2. The fourth-order valence-corrected chi connectivity index (χ4v) is 3.74. The van der Waals surface area contributed by atoms with Crippen molar-refractivity contribution in [2.24, 2.45) is 16.5 Å². The summed E-state index contributed by atoms with van der Waals surface area (Å²) in [6.07, 6.45) is -9.07. The van der Waals surface area contributed by atoms with Gasteiger partial charge in [-0.05, 0) is 60.7 Å². The molecule has 9 nitrogen and oxygen atoms in total. The number of rotatable bonds is 3. The molecule has 0 unspecified atom stereocenters. The standard InChI is InChI=1S/C22H20F3N5O2.C2HF3O2/c23-22(24,25)18-11-16(19(31)29-21(27)28)5-6-17(18)14-7-9-30(10-8-14)20(32)15-3-1-13(12-26)2-4-15;3-2(4,5)1(6)7/h1-6,11,14H,7-10H2,(H4,27,28,29,31);(H,6,7). The van der Waals surface area contributed by atoms with Crippen molar-refractivity contribution in [1.29, 1.82) is 5.26 Å². The molecule has 1 saturated heterocycles. The maximum atomic E-state index is 13.7. The van der Waals surface area contributed by atoms with Crippen LogP contribution in [0.3, 0.4) is 0 Å². The summed E-state index contributed by atoms with van der Waals surface area (Å²) in [5, 5.41) is 16.0. The molecule has 2 amide bonds. The molecular formula is C24H21F6N5O4. The number of hydrogen-bond donors (Lipinski definition) is 3. The number of piperidine rings is 1. The number of nitrogens with zero attached hydrogens (tertiary/aromatic N) is 3. The number of amides is 2. The molecule has 2 aromatic rings. The van der Waals surface area contributed by atoms with Gasteiger partial charge < -0.3 is 21.5 Å². The van der Waals surface area contributed by atoms with Crippen molar-refractivity contribution in [3.8, 4) is 6.07 Å². The van der Waals surface area contributed by atoms with Crippen molar-refractivity contribution in [3.63, 3.8) is 0 Å². The summed E-state index contributed by atoms with van der Waals surface area (Å²) in [5.41, 5.74) is 10.0. The van der Waals surface area contributed by atoms with Crippen molar-refractivity contribution in [2.45, 2.75) is 31.1 Å². The summed E-state index contributed by atoms with van der Waals surface area (Å²) in [4.78, 5) is 38.4. The number of aliphatic carboxylic acids is 1. The van der Waals surface area contributed by atoms with Crippen molar-refractivity contribution >= 4 is 23.7 Å². The Morgan fingerprint density at radius 1 is 0.949 bits per heavy atom. The van der Waals surface area contributed by atoms with E-state index in [9.17, 15) is 35.9 Å². The van der Waals surface area contributed by atoms with Gasteiger partial charge in [0.25, 0.3) is 11.8 Å². The number of nitriles is 1. The van der Waals surface area contributed by atoms with Crippen LogP contribution in [0.4, 0.5) is 26.3 Å². The zero-order chi connectivity index (χ0) is 29.5. The molecule has 1 fully saturated rings. The zero-order valence-electron chi connectivity index (χ0n) is 19.9. The van der Waals surface area contributed by atoms with Gasteiger partial charge in [0.2, 0.25) is 0 Å². The lowest BCUT2D eigenvalue weighted by Gasteiger charge is -2.33. The number of benzene rings is 2. The smallest absolute Gasteiger partial charge is 0.475 e. The largest absolute Gasteiger partial charge is 0.490 e. The molecule has 1 aliphatic rings. The minimum Gasteiger partial charge on any atom is -0.475 e. The van der Waals surface area contributed by atoms with Gasteiger partial charge in [-0.2, -0.15) is 36.6 Å². The van der Waals surface area contributed by atoms with Gasteiger partial charge in [-0.15, -0.1) is 0 Å². The van der Waals surface area contributed by atoms with Gasteiger partial charge >= 0.3 is 18.3 Å². The quantitative estimate of drug-likeness (QED) is 0.295. The Hall–Kier alpha value is -4.61. The monoisotopic (exact) mass is 557 g/mol. The Bertz CT molecular complexity index is 1290. The summed E-state index contributed by atoms with van der Waals surface area (Å²) >= 11 is 0. The molecule has 39 heavy (non-hydrogen) atoms. The normalized spacial score (nSPS) is 13.9. The van der Waals surface area contributed by atoms with Crippen LogP contribution in [0.15, 0.2) is 47.5 Å². The molecule has 0 saturated carbocycles. The highest BCUT2D eigenvalue weighted by Crippen LogP contribution is 2.39. The number of carbonyl (C=O) groups is 3. The zero-order valence-corrected chi connectivity index (χ0v) is 19.9. The fraction of sp³-hybridized carbons (Fsp3) is 0.292.